The number of hydrogen-bond donors (Lipinski definition) is 1. The van der Waals surface area contributed by atoms with E-state index in [0.717, 1.165) is 20.0 Å². The monoisotopic (exact) mass is 309 g/mol. The van der Waals surface area contributed by atoms with E-state index in [1.165, 1.54) is 0 Å². The van der Waals surface area contributed by atoms with Crippen molar-refractivity contribution in [3.05, 3.63) is 46.8 Å². The summed E-state index contributed by atoms with van der Waals surface area (Å²) in [5.74, 6) is 0. The predicted octanol–water partition coefficient (Wildman–Crippen LogP) is 3.41. The summed E-state index contributed by atoms with van der Waals surface area (Å²) in [5, 5.41) is 0.868. The van der Waals surface area contributed by atoms with Gasteiger partial charge in [-0.1, -0.05) is 33.8 Å². The molecular formula is C12H12BrN3S. The highest BCUT2D eigenvalue weighted by Gasteiger charge is 2.09. The molecule has 0 aliphatic rings. The molecule has 0 aliphatic carbocycles. The number of aromatic nitrogens is 2. The molecule has 1 heterocycles. The smallest absolute Gasteiger partial charge is 0.119 e. The molecule has 0 radical (unpaired) electrons. The summed E-state index contributed by atoms with van der Waals surface area (Å²) >= 11 is 5.04. The number of nitrogens with zero attached hydrogens (tertiary/aromatic N) is 2. The molecular weight excluding hydrogens is 298 g/mol. The lowest BCUT2D eigenvalue weighted by molar-refractivity contribution is 0.796. The van der Waals surface area contributed by atoms with E-state index in [1.54, 1.807) is 30.4 Å². The van der Waals surface area contributed by atoms with Gasteiger partial charge in [-0.05, 0) is 24.6 Å². The summed E-state index contributed by atoms with van der Waals surface area (Å²) in [4.78, 5) is 9.41. The average molecular weight is 310 g/mol. The molecule has 5 heteroatoms. The SMILES string of the molecule is CC(N)c1ccc(Br)cc1Sc1cnccn1. The summed E-state index contributed by atoms with van der Waals surface area (Å²) in [6.07, 6.45) is 5.10. The van der Waals surface area contributed by atoms with Crippen LogP contribution in [-0.4, -0.2) is 9.97 Å². The maximum atomic E-state index is 5.95. The second-order valence-electron chi connectivity index (χ2n) is 3.62. The zero-order valence-electron chi connectivity index (χ0n) is 9.30. The Kier molecular flexibility index (Phi) is 4.15. The molecule has 1 unspecified atom stereocenters. The molecule has 0 bridgehead atoms. The highest BCUT2D eigenvalue weighted by Crippen LogP contribution is 2.33. The number of hydrogen-bond acceptors (Lipinski definition) is 4. The van der Waals surface area contributed by atoms with E-state index in [2.05, 4.69) is 32.0 Å². The highest BCUT2D eigenvalue weighted by atomic mass is 79.9. The second kappa shape index (κ2) is 5.62. The van der Waals surface area contributed by atoms with Crippen LogP contribution in [0.4, 0.5) is 0 Å². The van der Waals surface area contributed by atoms with Crippen molar-refractivity contribution >= 4 is 27.7 Å². The zero-order valence-corrected chi connectivity index (χ0v) is 11.7. The molecule has 17 heavy (non-hydrogen) atoms. The number of rotatable bonds is 3. The van der Waals surface area contributed by atoms with Crippen LogP contribution in [-0.2, 0) is 0 Å². The summed E-state index contributed by atoms with van der Waals surface area (Å²) in [6, 6.07) is 6.09. The molecule has 1 aromatic heterocycles. The molecule has 1 aromatic carbocycles. The van der Waals surface area contributed by atoms with Gasteiger partial charge in [-0.15, -0.1) is 0 Å². The van der Waals surface area contributed by atoms with Gasteiger partial charge in [0, 0.05) is 27.8 Å². The van der Waals surface area contributed by atoms with Gasteiger partial charge in [-0.2, -0.15) is 0 Å². The van der Waals surface area contributed by atoms with Gasteiger partial charge in [-0.3, -0.25) is 4.98 Å². The molecule has 0 saturated carbocycles. The molecule has 0 amide bonds. The lowest BCUT2D eigenvalue weighted by Crippen LogP contribution is -2.06. The van der Waals surface area contributed by atoms with Crippen LogP contribution < -0.4 is 5.73 Å². The Hall–Kier alpha value is -0.910. The quantitative estimate of drug-likeness (QED) is 0.944. The van der Waals surface area contributed by atoms with Gasteiger partial charge < -0.3 is 5.73 Å². The molecule has 0 spiro atoms. The molecule has 88 valence electrons. The van der Waals surface area contributed by atoms with Crippen LogP contribution in [0.1, 0.15) is 18.5 Å². The third-order valence-corrected chi connectivity index (χ3v) is 3.71. The molecule has 2 rings (SSSR count). The normalized spacial score (nSPS) is 12.4. The van der Waals surface area contributed by atoms with Crippen molar-refractivity contribution in [2.75, 3.05) is 0 Å². The van der Waals surface area contributed by atoms with Crippen LogP contribution >= 0.6 is 27.7 Å². The van der Waals surface area contributed by atoms with Gasteiger partial charge in [0.1, 0.15) is 5.03 Å². The van der Waals surface area contributed by atoms with E-state index in [4.69, 9.17) is 5.73 Å². The van der Waals surface area contributed by atoms with Crippen molar-refractivity contribution in [2.45, 2.75) is 22.9 Å². The first-order valence-electron chi connectivity index (χ1n) is 5.15. The van der Waals surface area contributed by atoms with Crippen molar-refractivity contribution in [3.8, 4) is 0 Å². The summed E-state index contributed by atoms with van der Waals surface area (Å²) in [6.45, 7) is 1.98. The molecule has 2 N–H and O–H groups in total. The van der Waals surface area contributed by atoms with Crippen molar-refractivity contribution in [1.29, 1.82) is 0 Å². The van der Waals surface area contributed by atoms with Crippen LogP contribution in [0, 0.1) is 0 Å². The Bertz CT molecular complexity index is 502. The maximum absolute atomic E-state index is 5.95. The fourth-order valence-electron chi connectivity index (χ4n) is 1.42. The van der Waals surface area contributed by atoms with Crippen molar-refractivity contribution in [2.24, 2.45) is 5.73 Å². The van der Waals surface area contributed by atoms with Gasteiger partial charge in [0.15, 0.2) is 0 Å². The third-order valence-electron chi connectivity index (χ3n) is 2.22. The van der Waals surface area contributed by atoms with Crippen LogP contribution in [0.3, 0.4) is 0 Å². The minimum absolute atomic E-state index is 0.00210. The van der Waals surface area contributed by atoms with Crippen LogP contribution in [0.5, 0.6) is 0 Å². The summed E-state index contributed by atoms with van der Waals surface area (Å²) in [5.41, 5.74) is 7.07. The fourth-order valence-corrected chi connectivity index (χ4v) is 2.95. The Balaban J connectivity index is 2.34. The second-order valence-corrected chi connectivity index (χ2v) is 5.59. The standard InChI is InChI=1S/C12H12BrN3S/c1-8(14)10-3-2-9(13)6-11(10)17-12-7-15-4-5-16-12/h2-8H,14H2,1H3. The molecule has 1 atom stereocenters. The largest absolute Gasteiger partial charge is 0.324 e. The van der Waals surface area contributed by atoms with Gasteiger partial charge in [0.05, 0.1) is 6.20 Å². The van der Waals surface area contributed by atoms with Gasteiger partial charge >= 0.3 is 0 Å². The minimum Gasteiger partial charge on any atom is -0.324 e. The molecule has 3 nitrogen and oxygen atoms in total. The molecule has 2 aromatic rings. The van der Waals surface area contributed by atoms with E-state index in [0.29, 0.717) is 0 Å². The van der Waals surface area contributed by atoms with Crippen LogP contribution in [0.2, 0.25) is 0 Å². The van der Waals surface area contributed by atoms with E-state index < -0.39 is 0 Å². The van der Waals surface area contributed by atoms with Crippen molar-refractivity contribution in [1.82, 2.24) is 9.97 Å². The minimum atomic E-state index is 0.00210. The van der Waals surface area contributed by atoms with Crippen LogP contribution in [0.15, 0.2) is 51.2 Å². The van der Waals surface area contributed by atoms with Gasteiger partial charge in [-0.25, -0.2) is 4.98 Å². The van der Waals surface area contributed by atoms with Gasteiger partial charge in [0.25, 0.3) is 0 Å². The summed E-state index contributed by atoms with van der Waals surface area (Å²) in [7, 11) is 0. The van der Waals surface area contributed by atoms with Crippen molar-refractivity contribution < 1.29 is 0 Å². The third kappa shape index (κ3) is 3.28. The Morgan fingerprint density at radius 2 is 2.18 bits per heavy atom. The van der Waals surface area contributed by atoms with Crippen LogP contribution in [0.25, 0.3) is 0 Å². The zero-order chi connectivity index (χ0) is 12.3. The fraction of sp³-hybridized carbons (Fsp3) is 0.167. The topological polar surface area (TPSA) is 51.8 Å². The predicted molar refractivity (Wildman–Crippen MR) is 72.9 cm³/mol. The maximum Gasteiger partial charge on any atom is 0.119 e. The highest BCUT2D eigenvalue weighted by molar-refractivity contribution is 9.10. The number of nitrogens with two attached hydrogens (primary N) is 1. The Morgan fingerprint density at radius 3 is 2.82 bits per heavy atom. The average Bonchev–Trinajstić information content (AvgIpc) is 2.30. The summed E-state index contributed by atoms with van der Waals surface area (Å²) < 4.78 is 1.04. The first-order valence-corrected chi connectivity index (χ1v) is 6.76. The lowest BCUT2D eigenvalue weighted by Gasteiger charge is -2.12. The molecule has 0 aliphatic heterocycles. The van der Waals surface area contributed by atoms with E-state index in [-0.39, 0.29) is 6.04 Å². The number of halogens is 1. The van der Waals surface area contributed by atoms with E-state index in [9.17, 15) is 0 Å². The van der Waals surface area contributed by atoms with E-state index >= 15 is 0 Å². The Labute approximate surface area is 113 Å². The molecule has 0 fully saturated rings. The first kappa shape index (κ1) is 12.5. The molecule has 0 saturated heterocycles. The number of benzene rings is 1. The lowest BCUT2D eigenvalue weighted by atomic mass is 10.1. The van der Waals surface area contributed by atoms with E-state index in [1.807, 2.05) is 19.1 Å². The first-order chi connectivity index (χ1) is 8.16. The van der Waals surface area contributed by atoms with Gasteiger partial charge in [0.2, 0.25) is 0 Å². The van der Waals surface area contributed by atoms with Crippen molar-refractivity contribution in [3.63, 3.8) is 0 Å². The Morgan fingerprint density at radius 1 is 1.35 bits per heavy atom.